The summed E-state index contributed by atoms with van der Waals surface area (Å²) in [5.41, 5.74) is 6.51. The molecule has 0 amide bonds. The van der Waals surface area contributed by atoms with Crippen molar-refractivity contribution in [3.8, 4) is 0 Å². The number of rotatable bonds is 4. The molecule has 0 heterocycles. The summed E-state index contributed by atoms with van der Waals surface area (Å²) in [6, 6.07) is 11.3. The lowest BCUT2D eigenvalue weighted by molar-refractivity contribution is -0.0281. The molecule has 0 radical (unpaired) electrons. The lowest BCUT2D eigenvalue weighted by atomic mass is 10.1. The van der Waals surface area contributed by atoms with Crippen LogP contribution in [0.15, 0.2) is 36.4 Å². The van der Waals surface area contributed by atoms with Crippen molar-refractivity contribution in [1.82, 2.24) is 0 Å². The van der Waals surface area contributed by atoms with Gasteiger partial charge in [0.2, 0.25) is 0 Å². The lowest BCUT2D eigenvalue weighted by Gasteiger charge is -2.19. The van der Waals surface area contributed by atoms with Crippen LogP contribution in [0.3, 0.4) is 0 Å². The SMILES string of the molecule is CC(C)(C)OCCOC(=O)c1cc2ccccc2cc1N. The third kappa shape index (κ3) is 4.20. The summed E-state index contributed by atoms with van der Waals surface area (Å²) in [5.74, 6) is -0.421. The Balaban J connectivity index is 2.04. The van der Waals surface area contributed by atoms with Gasteiger partial charge in [-0.05, 0) is 43.7 Å². The molecule has 0 saturated carbocycles. The van der Waals surface area contributed by atoms with E-state index in [2.05, 4.69) is 0 Å². The van der Waals surface area contributed by atoms with Crippen molar-refractivity contribution in [1.29, 1.82) is 0 Å². The van der Waals surface area contributed by atoms with E-state index >= 15 is 0 Å². The average molecular weight is 287 g/mol. The number of hydrogen-bond donors (Lipinski definition) is 1. The number of fused-ring (bicyclic) bond motifs is 1. The van der Waals surface area contributed by atoms with Gasteiger partial charge < -0.3 is 15.2 Å². The minimum atomic E-state index is -0.421. The fourth-order valence-corrected chi connectivity index (χ4v) is 1.99. The van der Waals surface area contributed by atoms with Gasteiger partial charge >= 0.3 is 5.97 Å². The number of hydrogen-bond acceptors (Lipinski definition) is 4. The molecule has 0 aliphatic rings. The van der Waals surface area contributed by atoms with E-state index in [1.165, 1.54) is 0 Å². The zero-order valence-corrected chi connectivity index (χ0v) is 12.7. The molecule has 112 valence electrons. The number of benzene rings is 2. The maximum Gasteiger partial charge on any atom is 0.340 e. The molecule has 0 aliphatic heterocycles. The van der Waals surface area contributed by atoms with Crippen LogP contribution in [-0.4, -0.2) is 24.8 Å². The van der Waals surface area contributed by atoms with Crippen LogP contribution in [0, 0.1) is 0 Å². The lowest BCUT2D eigenvalue weighted by Crippen LogP contribution is -2.22. The van der Waals surface area contributed by atoms with Crippen molar-refractivity contribution in [2.45, 2.75) is 26.4 Å². The van der Waals surface area contributed by atoms with Crippen LogP contribution < -0.4 is 5.73 Å². The molecular formula is C17H21NO3. The first kappa shape index (κ1) is 15.3. The van der Waals surface area contributed by atoms with Gasteiger partial charge in [0.05, 0.1) is 17.8 Å². The molecule has 2 aromatic rings. The van der Waals surface area contributed by atoms with E-state index < -0.39 is 5.97 Å². The second-order valence-electron chi connectivity index (χ2n) is 5.88. The minimum absolute atomic E-state index is 0.211. The largest absolute Gasteiger partial charge is 0.460 e. The van der Waals surface area contributed by atoms with Gasteiger partial charge in [0, 0.05) is 5.69 Å². The number of ether oxygens (including phenoxy) is 2. The summed E-state index contributed by atoms with van der Waals surface area (Å²) in [7, 11) is 0. The summed E-state index contributed by atoms with van der Waals surface area (Å²) in [6.45, 7) is 6.44. The van der Waals surface area contributed by atoms with Crippen LogP contribution in [0.4, 0.5) is 5.69 Å². The molecule has 0 spiro atoms. The highest BCUT2D eigenvalue weighted by Crippen LogP contribution is 2.22. The molecule has 2 N–H and O–H groups in total. The van der Waals surface area contributed by atoms with E-state index in [1.54, 1.807) is 12.1 Å². The first-order valence-electron chi connectivity index (χ1n) is 6.96. The van der Waals surface area contributed by atoms with Crippen LogP contribution in [0.2, 0.25) is 0 Å². The Morgan fingerprint density at radius 3 is 2.33 bits per heavy atom. The monoisotopic (exact) mass is 287 g/mol. The average Bonchev–Trinajstić information content (AvgIpc) is 2.41. The van der Waals surface area contributed by atoms with Crippen molar-refractivity contribution >= 4 is 22.4 Å². The molecule has 4 heteroatoms. The second kappa shape index (κ2) is 6.14. The number of nitrogen functional groups attached to an aromatic ring is 1. The second-order valence-corrected chi connectivity index (χ2v) is 5.88. The Bertz CT molecular complexity index is 644. The Hall–Kier alpha value is -2.07. The number of esters is 1. The maximum atomic E-state index is 12.1. The Morgan fingerprint density at radius 2 is 1.71 bits per heavy atom. The van der Waals surface area contributed by atoms with E-state index in [4.69, 9.17) is 15.2 Å². The predicted octanol–water partition coefficient (Wildman–Crippen LogP) is 3.39. The number of carbonyl (C=O) groups is 1. The van der Waals surface area contributed by atoms with Gasteiger partial charge in [-0.3, -0.25) is 0 Å². The first-order chi connectivity index (χ1) is 9.87. The fraction of sp³-hybridized carbons (Fsp3) is 0.353. The normalized spacial score (nSPS) is 11.6. The molecule has 0 fully saturated rings. The van der Waals surface area contributed by atoms with Crippen molar-refractivity contribution in [2.75, 3.05) is 18.9 Å². The summed E-state index contributed by atoms with van der Waals surface area (Å²) in [6.07, 6.45) is 0. The third-order valence-corrected chi connectivity index (χ3v) is 2.99. The van der Waals surface area contributed by atoms with Gasteiger partial charge in [0.15, 0.2) is 0 Å². The van der Waals surface area contributed by atoms with Crippen LogP contribution in [0.1, 0.15) is 31.1 Å². The van der Waals surface area contributed by atoms with Gasteiger partial charge in [-0.2, -0.15) is 0 Å². The maximum absolute atomic E-state index is 12.1. The fourth-order valence-electron chi connectivity index (χ4n) is 1.99. The summed E-state index contributed by atoms with van der Waals surface area (Å²) in [5, 5.41) is 1.97. The molecule has 0 aromatic heterocycles. The molecule has 4 nitrogen and oxygen atoms in total. The molecular weight excluding hydrogens is 266 g/mol. The van der Waals surface area contributed by atoms with E-state index in [9.17, 15) is 4.79 Å². The van der Waals surface area contributed by atoms with Gasteiger partial charge in [-0.15, -0.1) is 0 Å². The summed E-state index contributed by atoms with van der Waals surface area (Å²) >= 11 is 0. The smallest absolute Gasteiger partial charge is 0.340 e. The molecule has 0 bridgehead atoms. The van der Waals surface area contributed by atoms with Crippen molar-refractivity contribution in [2.24, 2.45) is 0 Å². The zero-order chi connectivity index (χ0) is 15.5. The van der Waals surface area contributed by atoms with Crippen LogP contribution >= 0.6 is 0 Å². The first-order valence-corrected chi connectivity index (χ1v) is 6.96. The highest BCUT2D eigenvalue weighted by Gasteiger charge is 2.14. The molecule has 21 heavy (non-hydrogen) atoms. The Labute approximate surface area is 124 Å². The van der Waals surface area contributed by atoms with Gasteiger partial charge in [0.1, 0.15) is 6.61 Å². The predicted molar refractivity (Wildman–Crippen MR) is 84.3 cm³/mol. The van der Waals surface area contributed by atoms with Crippen LogP contribution in [0.5, 0.6) is 0 Å². The highest BCUT2D eigenvalue weighted by molar-refractivity contribution is 6.01. The Kier molecular flexibility index (Phi) is 4.48. The number of carbonyl (C=O) groups excluding carboxylic acids is 1. The Morgan fingerprint density at radius 1 is 1.10 bits per heavy atom. The van der Waals surface area contributed by atoms with Crippen LogP contribution in [-0.2, 0) is 9.47 Å². The summed E-state index contributed by atoms with van der Waals surface area (Å²) < 4.78 is 10.7. The molecule has 0 atom stereocenters. The van der Waals surface area contributed by atoms with Crippen molar-refractivity contribution < 1.29 is 14.3 Å². The van der Waals surface area contributed by atoms with E-state index in [-0.39, 0.29) is 12.2 Å². The minimum Gasteiger partial charge on any atom is -0.460 e. The zero-order valence-electron chi connectivity index (χ0n) is 12.7. The standard InChI is InChI=1S/C17H21NO3/c1-17(2,3)21-9-8-20-16(19)14-10-12-6-4-5-7-13(12)11-15(14)18/h4-7,10-11H,8-9,18H2,1-3H3. The third-order valence-electron chi connectivity index (χ3n) is 2.99. The van der Waals surface area contributed by atoms with Crippen LogP contribution in [0.25, 0.3) is 10.8 Å². The summed E-state index contributed by atoms with van der Waals surface area (Å²) in [4.78, 5) is 12.1. The topological polar surface area (TPSA) is 61.5 Å². The number of nitrogens with two attached hydrogens (primary N) is 1. The van der Waals surface area contributed by atoms with Gasteiger partial charge in [0.25, 0.3) is 0 Å². The quantitative estimate of drug-likeness (QED) is 0.532. The molecule has 0 unspecified atom stereocenters. The molecule has 2 rings (SSSR count). The van der Waals surface area contributed by atoms with E-state index in [0.717, 1.165) is 10.8 Å². The highest BCUT2D eigenvalue weighted by atomic mass is 16.6. The molecule has 0 saturated heterocycles. The van der Waals surface area contributed by atoms with Gasteiger partial charge in [-0.1, -0.05) is 24.3 Å². The van der Waals surface area contributed by atoms with Crippen molar-refractivity contribution in [3.63, 3.8) is 0 Å². The number of anilines is 1. The van der Waals surface area contributed by atoms with Gasteiger partial charge in [-0.25, -0.2) is 4.79 Å². The molecule has 2 aromatic carbocycles. The molecule has 0 aliphatic carbocycles. The van der Waals surface area contributed by atoms with E-state index in [0.29, 0.717) is 17.9 Å². The van der Waals surface area contributed by atoms with Crippen molar-refractivity contribution in [3.05, 3.63) is 42.0 Å². The van der Waals surface area contributed by atoms with E-state index in [1.807, 2.05) is 45.0 Å².